The molecule has 0 aliphatic rings. The average Bonchev–Trinajstić information content (AvgIpc) is 3.01. The van der Waals surface area contributed by atoms with Gasteiger partial charge in [-0.1, -0.05) is 16.8 Å². The number of aromatic nitrogens is 2. The number of aryl methyl sites for hydroxylation is 1. The zero-order valence-corrected chi connectivity index (χ0v) is 12.3. The first-order valence-corrected chi connectivity index (χ1v) is 6.99. The largest absolute Gasteiger partial charge is 0.484 e. The van der Waals surface area contributed by atoms with E-state index in [-0.39, 0.29) is 6.61 Å². The second-order valence-electron chi connectivity index (χ2n) is 4.52. The highest BCUT2D eigenvalue weighted by atomic mass is 35.5. The second kappa shape index (κ2) is 5.38. The molecule has 1 N–H and O–H groups in total. The number of rotatable bonds is 4. The van der Waals surface area contributed by atoms with Gasteiger partial charge in [0.2, 0.25) is 0 Å². The van der Waals surface area contributed by atoms with E-state index in [0.29, 0.717) is 22.4 Å². The van der Waals surface area contributed by atoms with Gasteiger partial charge in [0.1, 0.15) is 12.4 Å². The minimum atomic E-state index is 0.287. The van der Waals surface area contributed by atoms with Crippen LogP contribution in [0.3, 0.4) is 0 Å². The number of alkyl halides is 1. The fraction of sp³-hybridized carbons (Fsp3) is 0.214. The van der Waals surface area contributed by atoms with Crippen molar-refractivity contribution in [2.45, 2.75) is 19.4 Å². The molecule has 20 heavy (non-hydrogen) atoms. The van der Waals surface area contributed by atoms with E-state index in [9.17, 15) is 0 Å². The van der Waals surface area contributed by atoms with Crippen LogP contribution in [0.1, 0.15) is 17.1 Å². The minimum Gasteiger partial charge on any atom is -0.484 e. The number of benzene rings is 1. The topological polar surface area (TPSA) is 51.0 Å². The van der Waals surface area contributed by atoms with E-state index < -0.39 is 0 Å². The zero-order valence-electron chi connectivity index (χ0n) is 10.7. The van der Waals surface area contributed by atoms with Crippen LogP contribution in [-0.4, -0.2) is 10.1 Å². The second-order valence-corrected chi connectivity index (χ2v) is 5.20. The highest BCUT2D eigenvalue weighted by molar-refractivity contribution is 6.32. The molecule has 104 valence electrons. The van der Waals surface area contributed by atoms with Gasteiger partial charge in [-0.3, -0.25) is 0 Å². The van der Waals surface area contributed by atoms with Crippen molar-refractivity contribution in [3.05, 3.63) is 46.4 Å². The molecule has 4 nitrogen and oxygen atoms in total. The lowest BCUT2D eigenvalue weighted by Gasteiger charge is -2.06. The van der Waals surface area contributed by atoms with Crippen molar-refractivity contribution in [2.24, 2.45) is 0 Å². The Kier molecular flexibility index (Phi) is 3.59. The summed E-state index contributed by atoms with van der Waals surface area (Å²) in [6, 6.07) is 7.51. The van der Waals surface area contributed by atoms with Crippen molar-refractivity contribution >= 4 is 34.1 Å². The molecule has 0 saturated heterocycles. The van der Waals surface area contributed by atoms with Gasteiger partial charge in [0, 0.05) is 28.7 Å². The third-order valence-corrected chi connectivity index (χ3v) is 3.50. The highest BCUT2D eigenvalue weighted by Crippen LogP contribution is 2.31. The van der Waals surface area contributed by atoms with E-state index in [4.69, 9.17) is 32.5 Å². The van der Waals surface area contributed by atoms with E-state index in [1.807, 2.05) is 31.2 Å². The molecular formula is C14H12Cl2N2O2. The van der Waals surface area contributed by atoms with Gasteiger partial charge < -0.3 is 14.2 Å². The van der Waals surface area contributed by atoms with Crippen molar-refractivity contribution in [2.75, 3.05) is 0 Å². The summed E-state index contributed by atoms with van der Waals surface area (Å²) in [5.41, 5.74) is 2.70. The Balaban J connectivity index is 1.85. The predicted molar refractivity (Wildman–Crippen MR) is 78.4 cm³/mol. The van der Waals surface area contributed by atoms with Crippen LogP contribution in [0, 0.1) is 6.92 Å². The minimum absolute atomic E-state index is 0.287. The number of hydrogen-bond acceptors (Lipinski definition) is 3. The monoisotopic (exact) mass is 310 g/mol. The molecule has 0 atom stereocenters. The van der Waals surface area contributed by atoms with Crippen LogP contribution in [0.25, 0.3) is 10.9 Å². The molecule has 0 bridgehead atoms. The van der Waals surface area contributed by atoms with Crippen LogP contribution < -0.4 is 4.74 Å². The first-order valence-electron chi connectivity index (χ1n) is 6.08. The molecule has 0 radical (unpaired) electrons. The molecule has 0 saturated carbocycles. The van der Waals surface area contributed by atoms with E-state index in [2.05, 4.69) is 10.1 Å². The Morgan fingerprint density at radius 3 is 2.85 bits per heavy atom. The fourth-order valence-corrected chi connectivity index (χ4v) is 2.38. The summed E-state index contributed by atoms with van der Waals surface area (Å²) in [7, 11) is 0. The normalized spacial score (nSPS) is 11.2. The number of ether oxygens (including phenoxy) is 1. The van der Waals surface area contributed by atoms with Gasteiger partial charge >= 0.3 is 0 Å². The Morgan fingerprint density at radius 1 is 1.30 bits per heavy atom. The molecule has 1 aromatic carbocycles. The molecule has 0 aliphatic heterocycles. The average molecular weight is 311 g/mol. The van der Waals surface area contributed by atoms with E-state index in [0.717, 1.165) is 22.3 Å². The van der Waals surface area contributed by atoms with Crippen LogP contribution in [0.15, 0.2) is 28.8 Å². The van der Waals surface area contributed by atoms with E-state index in [1.165, 1.54) is 0 Å². The van der Waals surface area contributed by atoms with Gasteiger partial charge in [0.05, 0.1) is 16.6 Å². The molecule has 2 aromatic heterocycles. The maximum atomic E-state index is 6.21. The summed E-state index contributed by atoms with van der Waals surface area (Å²) < 4.78 is 10.8. The summed E-state index contributed by atoms with van der Waals surface area (Å²) in [6.07, 6.45) is 0. The number of fused-ring (bicyclic) bond motifs is 1. The van der Waals surface area contributed by atoms with Crippen LogP contribution in [0.2, 0.25) is 5.02 Å². The fourth-order valence-electron chi connectivity index (χ4n) is 2.01. The van der Waals surface area contributed by atoms with Crippen molar-refractivity contribution < 1.29 is 9.26 Å². The first kappa shape index (κ1) is 13.3. The summed E-state index contributed by atoms with van der Waals surface area (Å²) in [5, 5.41) is 5.36. The zero-order chi connectivity index (χ0) is 14.1. The number of hydrogen-bond donors (Lipinski definition) is 1. The maximum Gasteiger partial charge on any atom is 0.174 e. The number of nitrogens with zero attached hydrogens (tertiary/aromatic N) is 1. The van der Waals surface area contributed by atoms with Crippen molar-refractivity contribution in [1.82, 2.24) is 10.1 Å². The molecule has 6 heteroatoms. The lowest BCUT2D eigenvalue weighted by molar-refractivity contribution is 0.249. The predicted octanol–water partition coefficient (Wildman–Crippen LogP) is 4.44. The molecule has 0 unspecified atom stereocenters. The lowest BCUT2D eigenvalue weighted by atomic mass is 10.2. The van der Waals surface area contributed by atoms with Crippen LogP contribution >= 0.6 is 23.2 Å². The number of H-pyrrole nitrogens is 1. The number of halogens is 2. The van der Waals surface area contributed by atoms with Crippen LogP contribution in [0.5, 0.6) is 5.75 Å². The Hall–Kier alpha value is -1.65. The molecule has 0 aliphatic carbocycles. The van der Waals surface area contributed by atoms with Gasteiger partial charge in [0.25, 0.3) is 0 Å². The summed E-state index contributed by atoms with van der Waals surface area (Å²) in [4.78, 5) is 3.21. The van der Waals surface area contributed by atoms with Crippen molar-refractivity contribution in [1.29, 1.82) is 0 Å². The van der Waals surface area contributed by atoms with Gasteiger partial charge in [0.15, 0.2) is 5.76 Å². The number of nitrogens with one attached hydrogen (secondary N) is 1. The Labute approximate surface area is 125 Å². The molecule has 0 fully saturated rings. The highest BCUT2D eigenvalue weighted by Gasteiger charge is 2.09. The van der Waals surface area contributed by atoms with E-state index in [1.54, 1.807) is 0 Å². The molecule has 3 aromatic rings. The smallest absolute Gasteiger partial charge is 0.174 e. The van der Waals surface area contributed by atoms with Crippen LogP contribution in [-0.2, 0) is 12.5 Å². The first-order chi connectivity index (χ1) is 9.65. The van der Waals surface area contributed by atoms with Gasteiger partial charge in [-0.05, 0) is 19.1 Å². The molecule has 0 amide bonds. The molecule has 2 heterocycles. The standard InChI is InChI=1S/C14H12Cl2N2O2/c1-8-2-11(20-18-8)7-19-14-5-13-9(4-12(14)16)3-10(6-15)17-13/h2-5,17H,6-7H2,1H3. The quantitative estimate of drug-likeness (QED) is 0.725. The van der Waals surface area contributed by atoms with Gasteiger partial charge in [-0.25, -0.2) is 0 Å². The molecule has 3 rings (SSSR count). The van der Waals surface area contributed by atoms with Gasteiger partial charge in [-0.2, -0.15) is 0 Å². The van der Waals surface area contributed by atoms with Gasteiger partial charge in [-0.15, -0.1) is 11.6 Å². The van der Waals surface area contributed by atoms with Crippen LogP contribution in [0.4, 0.5) is 0 Å². The number of aromatic amines is 1. The summed E-state index contributed by atoms with van der Waals surface area (Å²) in [5.74, 6) is 1.68. The summed E-state index contributed by atoms with van der Waals surface area (Å²) >= 11 is 12.0. The molecular weight excluding hydrogens is 299 g/mol. The SMILES string of the molecule is Cc1cc(COc2cc3[nH]c(CCl)cc3cc2Cl)on1. The maximum absolute atomic E-state index is 6.21. The van der Waals surface area contributed by atoms with E-state index >= 15 is 0 Å². The lowest BCUT2D eigenvalue weighted by Crippen LogP contribution is -1.94. The Bertz CT molecular complexity index is 749. The van der Waals surface area contributed by atoms with Crippen molar-refractivity contribution in [3.63, 3.8) is 0 Å². The molecule has 0 spiro atoms. The van der Waals surface area contributed by atoms with Crippen molar-refractivity contribution in [3.8, 4) is 5.75 Å². The summed E-state index contributed by atoms with van der Waals surface area (Å²) in [6.45, 7) is 2.15. The third kappa shape index (κ3) is 2.62. The third-order valence-electron chi connectivity index (χ3n) is 2.92. The Morgan fingerprint density at radius 2 is 2.15 bits per heavy atom.